The molecule has 0 aromatic heterocycles. The van der Waals surface area contributed by atoms with Crippen LogP contribution in [0, 0.1) is 6.92 Å². The van der Waals surface area contributed by atoms with Gasteiger partial charge in [-0.05, 0) is 38.5 Å². The van der Waals surface area contributed by atoms with Gasteiger partial charge in [-0.1, -0.05) is 17.7 Å². The van der Waals surface area contributed by atoms with Crippen molar-refractivity contribution in [2.24, 2.45) is 5.73 Å². The SMILES string of the molecule is Cc1ccc(Cl)c(OC(C)(C)C(N)=O)c1. The van der Waals surface area contributed by atoms with Gasteiger partial charge in [0.2, 0.25) is 0 Å². The van der Waals surface area contributed by atoms with Crippen LogP contribution in [0.1, 0.15) is 19.4 Å². The maximum Gasteiger partial charge on any atom is 0.261 e. The van der Waals surface area contributed by atoms with Gasteiger partial charge in [-0.15, -0.1) is 0 Å². The number of carbonyl (C=O) groups excluding carboxylic acids is 1. The van der Waals surface area contributed by atoms with Crippen molar-refractivity contribution in [2.45, 2.75) is 26.4 Å². The lowest BCUT2D eigenvalue weighted by Crippen LogP contribution is -2.43. The molecule has 0 spiro atoms. The molecule has 0 unspecified atom stereocenters. The molecule has 0 fully saturated rings. The molecule has 1 rings (SSSR count). The molecule has 1 aromatic carbocycles. The van der Waals surface area contributed by atoms with Gasteiger partial charge in [0.15, 0.2) is 5.60 Å². The minimum Gasteiger partial charge on any atom is -0.476 e. The Morgan fingerprint density at radius 2 is 2.07 bits per heavy atom. The van der Waals surface area contributed by atoms with E-state index in [0.29, 0.717) is 10.8 Å². The first-order valence-electron chi connectivity index (χ1n) is 4.58. The minimum atomic E-state index is -1.06. The molecule has 4 heteroatoms. The van der Waals surface area contributed by atoms with E-state index in [0.717, 1.165) is 5.56 Å². The van der Waals surface area contributed by atoms with Crippen molar-refractivity contribution in [3.63, 3.8) is 0 Å². The smallest absolute Gasteiger partial charge is 0.261 e. The van der Waals surface area contributed by atoms with Gasteiger partial charge >= 0.3 is 0 Å². The van der Waals surface area contributed by atoms with E-state index < -0.39 is 11.5 Å². The van der Waals surface area contributed by atoms with Crippen molar-refractivity contribution in [3.8, 4) is 5.75 Å². The Labute approximate surface area is 94.2 Å². The fourth-order valence-electron chi connectivity index (χ4n) is 1.01. The van der Waals surface area contributed by atoms with Gasteiger partial charge in [-0.25, -0.2) is 0 Å². The molecule has 2 N–H and O–H groups in total. The molecule has 0 radical (unpaired) electrons. The summed E-state index contributed by atoms with van der Waals surface area (Å²) in [5.74, 6) is -0.0551. The summed E-state index contributed by atoms with van der Waals surface area (Å²) in [6, 6.07) is 5.36. The summed E-state index contributed by atoms with van der Waals surface area (Å²) in [6.45, 7) is 5.13. The van der Waals surface area contributed by atoms with Crippen LogP contribution in [0.15, 0.2) is 18.2 Å². The van der Waals surface area contributed by atoms with Crippen LogP contribution in [0.3, 0.4) is 0 Å². The first-order valence-corrected chi connectivity index (χ1v) is 4.96. The third-order valence-electron chi connectivity index (χ3n) is 2.05. The van der Waals surface area contributed by atoms with E-state index in [1.807, 2.05) is 13.0 Å². The van der Waals surface area contributed by atoms with E-state index in [1.165, 1.54) is 0 Å². The van der Waals surface area contributed by atoms with Crippen molar-refractivity contribution in [1.29, 1.82) is 0 Å². The van der Waals surface area contributed by atoms with Crippen molar-refractivity contribution in [3.05, 3.63) is 28.8 Å². The first-order chi connectivity index (χ1) is 6.83. The first kappa shape index (κ1) is 11.9. The molecule has 0 aliphatic heterocycles. The topological polar surface area (TPSA) is 52.3 Å². The Morgan fingerprint density at radius 3 is 2.60 bits per heavy atom. The third-order valence-corrected chi connectivity index (χ3v) is 2.36. The number of ether oxygens (including phenoxy) is 1. The molecule has 0 aliphatic rings. The largest absolute Gasteiger partial charge is 0.476 e. The Bertz CT molecular complexity index is 388. The Kier molecular flexibility index (Phi) is 3.25. The molecule has 0 heterocycles. The average molecular weight is 228 g/mol. The number of amides is 1. The van der Waals surface area contributed by atoms with E-state index in [9.17, 15) is 4.79 Å². The molecule has 1 amide bonds. The molecule has 1 aromatic rings. The summed E-state index contributed by atoms with van der Waals surface area (Å²) in [4.78, 5) is 11.1. The zero-order chi connectivity index (χ0) is 11.6. The van der Waals surface area contributed by atoms with Gasteiger partial charge in [-0.2, -0.15) is 0 Å². The van der Waals surface area contributed by atoms with Gasteiger partial charge in [0.25, 0.3) is 5.91 Å². The van der Waals surface area contributed by atoms with Crippen molar-refractivity contribution in [2.75, 3.05) is 0 Å². The van der Waals surface area contributed by atoms with Crippen LogP contribution in [0.5, 0.6) is 5.75 Å². The molecule has 3 nitrogen and oxygen atoms in total. The summed E-state index contributed by atoms with van der Waals surface area (Å²) in [6.07, 6.45) is 0. The minimum absolute atomic E-state index is 0.468. The highest BCUT2D eigenvalue weighted by Crippen LogP contribution is 2.28. The van der Waals surface area contributed by atoms with Crippen LogP contribution in [-0.4, -0.2) is 11.5 Å². The lowest BCUT2D eigenvalue weighted by Gasteiger charge is -2.23. The predicted molar refractivity (Wildman–Crippen MR) is 60.1 cm³/mol. The maximum absolute atomic E-state index is 11.1. The van der Waals surface area contributed by atoms with Gasteiger partial charge in [0, 0.05) is 0 Å². The third kappa shape index (κ3) is 2.86. The fraction of sp³-hybridized carbons (Fsp3) is 0.364. The molecule has 0 bridgehead atoms. The van der Waals surface area contributed by atoms with Crippen LogP contribution >= 0.6 is 11.6 Å². The highest BCUT2D eigenvalue weighted by molar-refractivity contribution is 6.32. The van der Waals surface area contributed by atoms with E-state index in [1.54, 1.807) is 26.0 Å². The monoisotopic (exact) mass is 227 g/mol. The summed E-state index contributed by atoms with van der Waals surface area (Å²) in [5.41, 5.74) is 5.15. The van der Waals surface area contributed by atoms with Crippen LogP contribution in [0.2, 0.25) is 5.02 Å². The predicted octanol–water partition coefficient (Wildman–Crippen LogP) is 2.29. The van der Waals surface area contributed by atoms with E-state index in [-0.39, 0.29) is 0 Å². The number of carbonyl (C=O) groups is 1. The van der Waals surface area contributed by atoms with Gasteiger partial charge < -0.3 is 10.5 Å². The Balaban J connectivity index is 2.99. The van der Waals surface area contributed by atoms with Crippen LogP contribution < -0.4 is 10.5 Å². The van der Waals surface area contributed by atoms with E-state index in [2.05, 4.69) is 0 Å². The van der Waals surface area contributed by atoms with Crippen LogP contribution in [-0.2, 0) is 4.79 Å². The molecule has 0 aliphatic carbocycles. The molecular formula is C11H14ClNO2. The highest BCUT2D eigenvalue weighted by Gasteiger charge is 2.27. The highest BCUT2D eigenvalue weighted by atomic mass is 35.5. The van der Waals surface area contributed by atoms with Crippen molar-refractivity contribution >= 4 is 17.5 Å². The summed E-state index contributed by atoms with van der Waals surface area (Å²) < 4.78 is 5.47. The van der Waals surface area contributed by atoms with Crippen molar-refractivity contribution < 1.29 is 9.53 Å². The second-order valence-electron chi connectivity index (χ2n) is 3.91. The number of hydrogen-bond acceptors (Lipinski definition) is 2. The number of rotatable bonds is 3. The maximum atomic E-state index is 11.1. The zero-order valence-electron chi connectivity index (χ0n) is 9.00. The van der Waals surface area contributed by atoms with Gasteiger partial charge in [-0.3, -0.25) is 4.79 Å². The normalized spacial score (nSPS) is 11.2. The van der Waals surface area contributed by atoms with E-state index in [4.69, 9.17) is 22.1 Å². The molecule has 0 saturated heterocycles. The number of benzene rings is 1. The second kappa shape index (κ2) is 4.11. The van der Waals surface area contributed by atoms with Crippen molar-refractivity contribution in [1.82, 2.24) is 0 Å². The number of nitrogens with two attached hydrogens (primary N) is 1. The summed E-state index contributed by atoms with van der Waals surface area (Å²) in [7, 11) is 0. The number of aryl methyl sites for hydroxylation is 1. The molecule has 0 atom stereocenters. The van der Waals surface area contributed by atoms with Crippen LogP contribution in [0.4, 0.5) is 0 Å². The fourth-order valence-corrected chi connectivity index (χ4v) is 1.17. The second-order valence-corrected chi connectivity index (χ2v) is 4.32. The number of hydrogen-bond donors (Lipinski definition) is 1. The average Bonchev–Trinajstić information content (AvgIpc) is 2.10. The standard InChI is InChI=1S/C11H14ClNO2/c1-7-4-5-8(12)9(6-7)15-11(2,3)10(13)14/h4-6H,1-3H3,(H2,13,14). The van der Waals surface area contributed by atoms with Gasteiger partial charge in [0.05, 0.1) is 5.02 Å². The lowest BCUT2D eigenvalue weighted by molar-refractivity contribution is -0.130. The number of halogens is 1. The van der Waals surface area contributed by atoms with Gasteiger partial charge in [0.1, 0.15) is 5.75 Å². The zero-order valence-corrected chi connectivity index (χ0v) is 9.76. The molecule has 15 heavy (non-hydrogen) atoms. The molecule has 0 saturated carbocycles. The molecule has 82 valence electrons. The Morgan fingerprint density at radius 1 is 1.47 bits per heavy atom. The lowest BCUT2D eigenvalue weighted by atomic mass is 10.1. The summed E-state index contributed by atoms with van der Waals surface area (Å²) >= 11 is 5.93. The molecular weight excluding hydrogens is 214 g/mol. The quantitative estimate of drug-likeness (QED) is 0.862. The Hall–Kier alpha value is -1.22. The summed E-state index contributed by atoms with van der Waals surface area (Å²) in [5, 5.41) is 0.468. The van der Waals surface area contributed by atoms with E-state index >= 15 is 0 Å². The van der Waals surface area contributed by atoms with Crippen LogP contribution in [0.25, 0.3) is 0 Å². The number of primary amides is 1.